The van der Waals surface area contributed by atoms with Crippen molar-refractivity contribution >= 4 is 0 Å². The summed E-state index contributed by atoms with van der Waals surface area (Å²) in [5.41, 5.74) is 2.83. The Labute approximate surface area is 128 Å². The lowest BCUT2D eigenvalue weighted by molar-refractivity contribution is 0.363. The molecule has 1 atom stereocenters. The van der Waals surface area contributed by atoms with Crippen LogP contribution in [-0.2, 0) is 18.9 Å². The van der Waals surface area contributed by atoms with Crippen LogP contribution >= 0.6 is 0 Å². The van der Waals surface area contributed by atoms with E-state index in [2.05, 4.69) is 67.7 Å². The number of aryl methyl sites for hydroxylation is 1. The fraction of sp³-hybridized carbons (Fsp3) is 0.500. The molecule has 1 N–H and O–H groups in total. The molecule has 0 radical (unpaired) electrons. The van der Waals surface area contributed by atoms with Crippen molar-refractivity contribution in [2.75, 3.05) is 6.54 Å². The summed E-state index contributed by atoms with van der Waals surface area (Å²) >= 11 is 0. The van der Waals surface area contributed by atoms with E-state index in [9.17, 15) is 0 Å². The Balaban J connectivity index is 2.31. The zero-order valence-electron chi connectivity index (χ0n) is 13.6. The minimum atomic E-state index is 0.120. The summed E-state index contributed by atoms with van der Waals surface area (Å²) in [5.74, 6) is 0. The van der Waals surface area contributed by atoms with Crippen molar-refractivity contribution in [2.24, 2.45) is 7.05 Å². The molecule has 3 heteroatoms. The fourth-order valence-corrected chi connectivity index (χ4v) is 2.87. The van der Waals surface area contributed by atoms with Crippen LogP contribution in [0.4, 0.5) is 0 Å². The van der Waals surface area contributed by atoms with Crippen LogP contribution in [-0.4, -0.2) is 22.4 Å². The predicted molar refractivity (Wildman–Crippen MR) is 88.5 cm³/mol. The quantitative estimate of drug-likeness (QED) is 0.846. The minimum absolute atomic E-state index is 0.120. The standard InChI is InChI=1S/C18H27N3/c1-5-18(14-19-15(2)3,17-9-7-6-8-10-17)11-16-12-20-21(4)13-16/h6-10,12-13,15,19H,5,11,14H2,1-4H3. The van der Waals surface area contributed by atoms with Gasteiger partial charge < -0.3 is 5.32 Å². The zero-order valence-corrected chi connectivity index (χ0v) is 13.6. The van der Waals surface area contributed by atoms with E-state index in [0.29, 0.717) is 6.04 Å². The van der Waals surface area contributed by atoms with E-state index < -0.39 is 0 Å². The van der Waals surface area contributed by atoms with Crippen molar-refractivity contribution in [3.8, 4) is 0 Å². The SMILES string of the molecule is CCC(CNC(C)C)(Cc1cnn(C)c1)c1ccccc1. The first-order chi connectivity index (χ1) is 10.1. The Hall–Kier alpha value is -1.61. The summed E-state index contributed by atoms with van der Waals surface area (Å²) in [6.45, 7) is 7.68. The van der Waals surface area contributed by atoms with Gasteiger partial charge >= 0.3 is 0 Å². The molecular weight excluding hydrogens is 258 g/mol. The summed E-state index contributed by atoms with van der Waals surface area (Å²) in [6, 6.07) is 11.4. The predicted octanol–water partition coefficient (Wildman–Crippen LogP) is 3.31. The zero-order chi connectivity index (χ0) is 15.3. The van der Waals surface area contributed by atoms with Crippen LogP contribution in [0.25, 0.3) is 0 Å². The van der Waals surface area contributed by atoms with Gasteiger partial charge in [0.15, 0.2) is 0 Å². The Bertz CT molecular complexity index is 545. The molecule has 3 nitrogen and oxygen atoms in total. The fourth-order valence-electron chi connectivity index (χ4n) is 2.87. The van der Waals surface area contributed by atoms with Gasteiger partial charge in [-0.2, -0.15) is 5.10 Å². The van der Waals surface area contributed by atoms with Crippen molar-refractivity contribution in [3.63, 3.8) is 0 Å². The minimum Gasteiger partial charge on any atom is -0.314 e. The third-order valence-electron chi connectivity index (χ3n) is 4.21. The van der Waals surface area contributed by atoms with Crippen molar-refractivity contribution < 1.29 is 0 Å². The molecule has 0 bridgehead atoms. The second-order valence-corrected chi connectivity index (χ2v) is 6.23. The van der Waals surface area contributed by atoms with Gasteiger partial charge in [0.25, 0.3) is 0 Å². The Morgan fingerprint density at radius 3 is 2.48 bits per heavy atom. The molecule has 0 aliphatic rings. The van der Waals surface area contributed by atoms with Crippen LogP contribution in [0.2, 0.25) is 0 Å². The smallest absolute Gasteiger partial charge is 0.0521 e. The van der Waals surface area contributed by atoms with Crippen molar-refractivity contribution in [1.29, 1.82) is 0 Å². The van der Waals surface area contributed by atoms with Gasteiger partial charge in [-0.25, -0.2) is 0 Å². The molecule has 2 rings (SSSR count). The molecule has 1 aromatic heterocycles. The molecule has 0 amide bonds. The molecular formula is C18H27N3. The van der Waals surface area contributed by atoms with E-state index in [4.69, 9.17) is 0 Å². The molecule has 114 valence electrons. The summed E-state index contributed by atoms with van der Waals surface area (Å²) in [5, 5.41) is 7.96. The van der Waals surface area contributed by atoms with Gasteiger partial charge in [-0.15, -0.1) is 0 Å². The lowest BCUT2D eigenvalue weighted by atomic mass is 9.73. The summed E-state index contributed by atoms with van der Waals surface area (Å²) in [6.07, 6.45) is 6.23. The number of benzene rings is 1. The van der Waals surface area contributed by atoms with Gasteiger partial charge in [0.05, 0.1) is 6.20 Å². The van der Waals surface area contributed by atoms with Gasteiger partial charge in [0, 0.05) is 31.2 Å². The summed E-state index contributed by atoms with van der Waals surface area (Å²) in [4.78, 5) is 0. The highest BCUT2D eigenvalue weighted by atomic mass is 15.2. The Morgan fingerprint density at radius 2 is 1.95 bits per heavy atom. The Morgan fingerprint density at radius 1 is 1.24 bits per heavy atom. The maximum absolute atomic E-state index is 4.32. The molecule has 1 aromatic carbocycles. The molecule has 0 spiro atoms. The lowest BCUT2D eigenvalue weighted by Crippen LogP contribution is -2.42. The molecule has 1 heterocycles. The molecule has 0 fully saturated rings. The topological polar surface area (TPSA) is 29.9 Å². The summed E-state index contributed by atoms with van der Waals surface area (Å²) in [7, 11) is 1.98. The third kappa shape index (κ3) is 3.94. The average Bonchev–Trinajstić information content (AvgIpc) is 2.89. The first-order valence-corrected chi connectivity index (χ1v) is 7.82. The summed E-state index contributed by atoms with van der Waals surface area (Å²) < 4.78 is 1.89. The number of aromatic nitrogens is 2. The van der Waals surface area contributed by atoms with E-state index >= 15 is 0 Å². The normalized spacial score (nSPS) is 14.3. The molecule has 2 aromatic rings. The number of hydrogen-bond acceptors (Lipinski definition) is 2. The number of nitrogens with zero attached hydrogens (tertiary/aromatic N) is 2. The monoisotopic (exact) mass is 285 g/mol. The van der Waals surface area contributed by atoms with Crippen molar-refractivity contribution in [2.45, 2.75) is 45.1 Å². The highest BCUT2D eigenvalue weighted by molar-refractivity contribution is 5.29. The van der Waals surface area contributed by atoms with Gasteiger partial charge in [0.2, 0.25) is 0 Å². The first kappa shape index (κ1) is 15.8. The van der Waals surface area contributed by atoms with E-state index in [1.54, 1.807) is 0 Å². The maximum atomic E-state index is 4.32. The molecule has 0 saturated carbocycles. The van der Waals surface area contributed by atoms with E-state index in [-0.39, 0.29) is 5.41 Å². The van der Waals surface area contributed by atoms with Crippen LogP contribution < -0.4 is 5.32 Å². The van der Waals surface area contributed by atoms with Gasteiger partial charge in [-0.3, -0.25) is 4.68 Å². The van der Waals surface area contributed by atoms with Gasteiger partial charge in [0.1, 0.15) is 0 Å². The van der Waals surface area contributed by atoms with Crippen LogP contribution in [0, 0.1) is 0 Å². The molecule has 0 aliphatic heterocycles. The Kier molecular flexibility index (Phi) is 5.18. The van der Waals surface area contributed by atoms with E-state index in [1.807, 2.05) is 17.9 Å². The van der Waals surface area contributed by atoms with Crippen LogP contribution in [0.1, 0.15) is 38.3 Å². The van der Waals surface area contributed by atoms with Crippen molar-refractivity contribution in [1.82, 2.24) is 15.1 Å². The van der Waals surface area contributed by atoms with Crippen LogP contribution in [0.15, 0.2) is 42.7 Å². The number of nitrogens with one attached hydrogen (secondary N) is 1. The highest BCUT2D eigenvalue weighted by Crippen LogP contribution is 2.31. The van der Waals surface area contributed by atoms with Crippen molar-refractivity contribution in [3.05, 3.63) is 53.9 Å². The molecule has 1 unspecified atom stereocenters. The average molecular weight is 285 g/mol. The van der Waals surface area contributed by atoms with E-state index in [1.165, 1.54) is 11.1 Å². The molecule has 0 saturated heterocycles. The highest BCUT2D eigenvalue weighted by Gasteiger charge is 2.31. The van der Waals surface area contributed by atoms with Crippen LogP contribution in [0.5, 0.6) is 0 Å². The molecule has 0 aliphatic carbocycles. The molecule has 21 heavy (non-hydrogen) atoms. The number of rotatable bonds is 7. The second-order valence-electron chi connectivity index (χ2n) is 6.23. The number of hydrogen-bond donors (Lipinski definition) is 1. The second kappa shape index (κ2) is 6.90. The van der Waals surface area contributed by atoms with Gasteiger partial charge in [-0.05, 0) is 24.0 Å². The van der Waals surface area contributed by atoms with Gasteiger partial charge in [-0.1, -0.05) is 51.1 Å². The largest absolute Gasteiger partial charge is 0.314 e. The first-order valence-electron chi connectivity index (χ1n) is 7.82. The van der Waals surface area contributed by atoms with E-state index in [0.717, 1.165) is 19.4 Å². The third-order valence-corrected chi connectivity index (χ3v) is 4.21. The maximum Gasteiger partial charge on any atom is 0.0521 e. The van der Waals surface area contributed by atoms with Crippen LogP contribution in [0.3, 0.4) is 0 Å². The lowest BCUT2D eigenvalue weighted by Gasteiger charge is -2.34.